The number of fused-ring (bicyclic) bond motifs is 1. The molecule has 3 aliphatic carbocycles. The zero-order valence-electron chi connectivity index (χ0n) is 17.8. The highest BCUT2D eigenvalue weighted by Gasteiger charge is 2.54. The van der Waals surface area contributed by atoms with Crippen LogP contribution in [0, 0.1) is 11.3 Å². The highest BCUT2D eigenvalue weighted by molar-refractivity contribution is 5.86. The van der Waals surface area contributed by atoms with E-state index in [0.717, 1.165) is 11.6 Å². The van der Waals surface area contributed by atoms with Crippen LogP contribution in [0.25, 0.3) is 11.0 Å². The van der Waals surface area contributed by atoms with Gasteiger partial charge in [-0.1, -0.05) is 20.3 Å². The number of nitrogens with zero attached hydrogens (tertiary/aromatic N) is 2. The van der Waals surface area contributed by atoms with Gasteiger partial charge in [0.25, 0.3) is 0 Å². The highest BCUT2D eigenvalue weighted by atomic mass is 16.2. The normalized spacial score (nSPS) is 34.1. The molecule has 154 valence electrons. The fourth-order valence-corrected chi connectivity index (χ4v) is 7.33. The number of aromatic nitrogens is 2. The minimum atomic E-state index is 0.232. The second-order valence-electron chi connectivity index (χ2n) is 10.7. The predicted octanol–water partition coefficient (Wildman–Crippen LogP) is 5.50. The Kier molecular flexibility index (Phi) is 3.92. The standard InChI is InChI=1S/C25H33N3O/c1-3-25-11-16-9-18(12-25)28(19(10-16)13-25)22(29)8-15(2)21-14-27-24-23(21)20(6-7-26-24)17-4-5-17/h6-7,14-19H,3-5,8-13H2,1-2H3,(H,26,27). The molecule has 2 aromatic heterocycles. The molecule has 29 heavy (non-hydrogen) atoms. The minimum Gasteiger partial charge on any atom is -0.346 e. The van der Waals surface area contributed by atoms with Crippen LogP contribution in [0.4, 0.5) is 0 Å². The maximum absolute atomic E-state index is 13.5. The number of carbonyl (C=O) groups is 1. The van der Waals surface area contributed by atoms with Crippen molar-refractivity contribution >= 4 is 16.9 Å². The number of pyridine rings is 1. The first-order valence-corrected chi connectivity index (χ1v) is 11.8. The summed E-state index contributed by atoms with van der Waals surface area (Å²) in [5, 5.41) is 1.29. The quantitative estimate of drug-likeness (QED) is 0.731. The van der Waals surface area contributed by atoms with Crippen LogP contribution in [0.1, 0.15) is 94.6 Å². The molecule has 1 amide bonds. The Hall–Kier alpha value is -1.84. The Balaban J connectivity index is 1.24. The van der Waals surface area contributed by atoms with Crippen LogP contribution in [0.15, 0.2) is 18.5 Å². The Bertz CT molecular complexity index is 942. The monoisotopic (exact) mass is 391 g/mol. The molecule has 0 radical (unpaired) electrons. The molecule has 3 saturated carbocycles. The average molecular weight is 392 g/mol. The maximum atomic E-state index is 13.5. The molecule has 4 heterocycles. The summed E-state index contributed by atoms with van der Waals surface area (Å²) in [5.41, 5.74) is 4.26. The molecule has 2 aromatic rings. The molecule has 1 N–H and O–H groups in total. The van der Waals surface area contributed by atoms with Crippen LogP contribution in [0.2, 0.25) is 0 Å². The number of nitrogens with one attached hydrogen (secondary N) is 1. The van der Waals surface area contributed by atoms with Gasteiger partial charge in [0.15, 0.2) is 0 Å². The Labute approximate surface area is 173 Å². The van der Waals surface area contributed by atoms with Crippen LogP contribution >= 0.6 is 0 Å². The van der Waals surface area contributed by atoms with Gasteiger partial charge in [-0.15, -0.1) is 0 Å². The molecule has 4 bridgehead atoms. The van der Waals surface area contributed by atoms with Crippen molar-refractivity contribution in [2.75, 3.05) is 0 Å². The largest absolute Gasteiger partial charge is 0.346 e. The average Bonchev–Trinajstić information content (AvgIpc) is 3.45. The number of amides is 1. The summed E-state index contributed by atoms with van der Waals surface area (Å²) in [6.45, 7) is 4.60. The van der Waals surface area contributed by atoms with Gasteiger partial charge in [0.1, 0.15) is 5.65 Å². The predicted molar refractivity (Wildman–Crippen MR) is 115 cm³/mol. The van der Waals surface area contributed by atoms with Crippen molar-refractivity contribution < 1.29 is 4.79 Å². The molecule has 4 heteroatoms. The summed E-state index contributed by atoms with van der Waals surface area (Å²) in [5.74, 6) is 2.19. The van der Waals surface area contributed by atoms with Gasteiger partial charge in [-0.05, 0) is 85.3 Å². The highest BCUT2D eigenvalue weighted by Crippen LogP contribution is 2.57. The van der Waals surface area contributed by atoms with Crippen LogP contribution in [0.5, 0.6) is 0 Å². The number of carbonyl (C=O) groups excluding carboxylic acids is 1. The molecule has 3 unspecified atom stereocenters. The molecule has 4 nitrogen and oxygen atoms in total. The number of piperidine rings is 2. The van der Waals surface area contributed by atoms with Crippen molar-refractivity contribution in [3.05, 3.63) is 29.6 Å². The van der Waals surface area contributed by atoms with E-state index >= 15 is 0 Å². The van der Waals surface area contributed by atoms with Crippen molar-refractivity contribution in [2.45, 2.75) is 95.6 Å². The topological polar surface area (TPSA) is 49.0 Å². The van der Waals surface area contributed by atoms with E-state index in [2.05, 4.69) is 41.0 Å². The van der Waals surface area contributed by atoms with Gasteiger partial charge in [0, 0.05) is 36.3 Å². The number of rotatable bonds is 5. The van der Waals surface area contributed by atoms with E-state index in [1.165, 1.54) is 67.9 Å². The summed E-state index contributed by atoms with van der Waals surface area (Å²) >= 11 is 0. The fourth-order valence-electron chi connectivity index (χ4n) is 7.33. The lowest BCUT2D eigenvalue weighted by molar-refractivity contribution is -0.158. The molecule has 0 aromatic carbocycles. The SMILES string of the molecule is CCC12CC3CC(C1)N(C(=O)CC(C)c1c[nH]c4nccc(C5CC5)c14)C(C3)C2. The fraction of sp³-hybridized carbons (Fsp3) is 0.680. The van der Waals surface area contributed by atoms with Crippen LogP contribution in [0.3, 0.4) is 0 Å². The number of aromatic amines is 1. The summed E-state index contributed by atoms with van der Waals surface area (Å²) in [6, 6.07) is 3.21. The molecule has 3 atom stereocenters. The second-order valence-corrected chi connectivity index (χ2v) is 10.7. The third kappa shape index (κ3) is 2.78. The van der Waals surface area contributed by atoms with Gasteiger partial charge >= 0.3 is 0 Å². The van der Waals surface area contributed by atoms with Crippen molar-refractivity contribution in [1.82, 2.24) is 14.9 Å². The maximum Gasteiger partial charge on any atom is 0.223 e. The molecule has 0 spiro atoms. The smallest absolute Gasteiger partial charge is 0.223 e. The van der Waals surface area contributed by atoms with Crippen molar-refractivity contribution in [3.8, 4) is 0 Å². The summed E-state index contributed by atoms with van der Waals surface area (Å²) in [4.78, 5) is 23.8. The Morgan fingerprint density at radius 1 is 1.28 bits per heavy atom. The minimum absolute atomic E-state index is 0.232. The molecular weight excluding hydrogens is 358 g/mol. The Morgan fingerprint density at radius 2 is 2.03 bits per heavy atom. The van der Waals surface area contributed by atoms with E-state index in [-0.39, 0.29) is 5.92 Å². The van der Waals surface area contributed by atoms with E-state index < -0.39 is 0 Å². The first-order valence-electron chi connectivity index (χ1n) is 11.8. The number of H-pyrrole nitrogens is 1. The Morgan fingerprint density at radius 3 is 2.72 bits per heavy atom. The van der Waals surface area contributed by atoms with Gasteiger partial charge in [0.05, 0.1) is 0 Å². The first kappa shape index (κ1) is 18.0. The van der Waals surface area contributed by atoms with Crippen molar-refractivity contribution in [1.29, 1.82) is 0 Å². The van der Waals surface area contributed by atoms with Crippen molar-refractivity contribution in [2.24, 2.45) is 11.3 Å². The van der Waals surface area contributed by atoms with E-state index in [0.29, 0.717) is 35.7 Å². The summed E-state index contributed by atoms with van der Waals surface area (Å²) in [6.07, 6.45) is 14.9. The van der Waals surface area contributed by atoms with Gasteiger partial charge in [0.2, 0.25) is 5.91 Å². The molecule has 2 aliphatic heterocycles. The van der Waals surface area contributed by atoms with Gasteiger partial charge in [-0.2, -0.15) is 0 Å². The third-order valence-corrected chi connectivity index (χ3v) is 8.76. The van der Waals surface area contributed by atoms with Crippen molar-refractivity contribution in [3.63, 3.8) is 0 Å². The molecule has 5 aliphatic rings. The zero-order valence-corrected chi connectivity index (χ0v) is 17.8. The zero-order chi connectivity index (χ0) is 19.8. The molecule has 2 saturated heterocycles. The molecule has 7 rings (SSSR count). The lowest BCUT2D eigenvalue weighted by Crippen LogP contribution is -2.63. The van der Waals surface area contributed by atoms with Crippen LogP contribution < -0.4 is 0 Å². The lowest BCUT2D eigenvalue weighted by atomic mass is 9.54. The third-order valence-electron chi connectivity index (χ3n) is 8.76. The summed E-state index contributed by atoms with van der Waals surface area (Å²) < 4.78 is 0. The van der Waals surface area contributed by atoms with E-state index in [9.17, 15) is 4.79 Å². The molecular formula is C25H33N3O. The van der Waals surface area contributed by atoms with E-state index in [4.69, 9.17) is 0 Å². The number of hydrogen-bond acceptors (Lipinski definition) is 2. The van der Waals surface area contributed by atoms with E-state index in [1.807, 2.05) is 6.20 Å². The molecule has 5 fully saturated rings. The van der Waals surface area contributed by atoms with Gasteiger partial charge in [-0.3, -0.25) is 4.79 Å². The first-order chi connectivity index (χ1) is 14.1. The summed E-state index contributed by atoms with van der Waals surface area (Å²) in [7, 11) is 0. The number of hydrogen-bond donors (Lipinski definition) is 1. The van der Waals surface area contributed by atoms with Gasteiger partial charge in [-0.25, -0.2) is 4.98 Å². The van der Waals surface area contributed by atoms with Crippen LogP contribution in [-0.2, 0) is 4.79 Å². The lowest BCUT2D eigenvalue weighted by Gasteiger charge is -2.61. The van der Waals surface area contributed by atoms with Crippen LogP contribution in [-0.4, -0.2) is 32.9 Å². The van der Waals surface area contributed by atoms with Gasteiger partial charge < -0.3 is 9.88 Å². The van der Waals surface area contributed by atoms with E-state index in [1.54, 1.807) is 0 Å². The second kappa shape index (κ2) is 6.33.